The first-order chi connectivity index (χ1) is 17.9. The van der Waals surface area contributed by atoms with Crippen molar-refractivity contribution < 1.29 is 28.6 Å². The molecule has 4 aliphatic heterocycles. The van der Waals surface area contributed by atoms with E-state index in [0.717, 1.165) is 11.1 Å². The zero-order valence-corrected chi connectivity index (χ0v) is 20.5. The summed E-state index contributed by atoms with van der Waals surface area (Å²) in [7, 11) is 0. The fourth-order valence-electron chi connectivity index (χ4n) is 6.54. The minimum atomic E-state index is -0.944. The van der Waals surface area contributed by atoms with Crippen molar-refractivity contribution in [3.63, 3.8) is 0 Å². The lowest BCUT2D eigenvalue weighted by Crippen LogP contribution is -2.46. The second-order valence-corrected chi connectivity index (χ2v) is 10.3. The van der Waals surface area contributed by atoms with E-state index < -0.39 is 11.0 Å². The molecule has 4 heterocycles. The molecule has 1 aliphatic carbocycles. The van der Waals surface area contributed by atoms with Gasteiger partial charge in [-0.3, -0.25) is 19.3 Å². The molecule has 0 N–H and O–H groups in total. The van der Waals surface area contributed by atoms with E-state index in [9.17, 15) is 14.4 Å². The highest BCUT2D eigenvalue weighted by molar-refractivity contribution is 6.21. The Hall–Kier alpha value is -4.07. The Morgan fingerprint density at radius 3 is 2.32 bits per heavy atom. The molecule has 2 atom stereocenters. The highest BCUT2D eigenvalue weighted by Crippen LogP contribution is 2.58. The first-order valence-electron chi connectivity index (χ1n) is 12.7. The Morgan fingerprint density at radius 1 is 0.892 bits per heavy atom. The Balaban J connectivity index is 1.19. The quantitative estimate of drug-likeness (QED) is 0.602. The number of likely N-dealkylation sites (tertiary alicyclic amines) is 1. The minimum absolute atomic E-state index is 0.0252. The van der Waals surface area contributed by atoms with Gasteiger partial charge in [-0.05, 0) is 43.5 Å². The van der Waals surface area contributed by atoms with E-state index in [0.29, 0.717) is 61.0 Å². The highest BCUT2D eigenvalue weighted by atomic mass is 16.6. The average molecular weight is 499 g/mol. The second kappa shape index (κ2) is 7.71. The molecule has 1 fully saturated rings. The van der Waals surface area contributed by atoms with Crippen molar-refractivity contribution in [2.75, 3.05) is 32.9 Å². The van der Waals surface area contributed by atoms with Gasteiger partial charge in [0, 0.05) is 24.7 Å². The molecule has 1 spiro atoms. The van der Waals surface area contributed by atoms with E-state index in [1.54, 1.807) is 24.3 Å². The summed E-state index contributed by atoms with van der Waals surface area (Å²) in [4.78, 5) is 43.2. The molecule has 1 saturated heterocycles. The number of amides is 3. The average Bonchev–Trinajstić information content (AvgIpc) is 3.47. The summed E-state index contributed by atoms with van der Waals surface area (Å²) < 4.78 is 17.7. The molecule has 0 saturated carbocycles. The molecule has 0 aromatic heterocycles. The van der Waals surface area contributed by atoms with Crippen LogP contribution in [0.25, 0.3) is 0 Å². The molecular formula is C29H26N2O6. The third kappa shape index (κ3) is 2.86. The third-order valence-electron chi connectivity index (χ3n) is 8.35. The molecule has 8 heteroatoms. The molecule has 0 bridgehead atoms. The molecule has 3 amide bonds. The summed E-state index contributed by atoms with van der Waals surface area (Å²) in [5.74, 6) is 1.32. The van der Waals surface area contributed by atoms with Crippen LogP contribution in [0, 0.1) is 0 Å². The first-order valence-corrected chi connectivity index (χ1v) is 12.7. The molecule has 188 valence electrons. The Bertz CT molecular complexity index is 1410. The lowest BCUT2D eigenvalue weighted by Gasteiger charge is -2.37. The number of hydrogen-bond donors (Lipinski definition) is 0. The van der Waals surface area contributed by atoms with E-state index in [1.165, 1.54) is 4.90 Å². The third-order valence-corrected chi connectivity index (χ3v) is 8.35. The normalized spacial score (nSPS) is 26.8. The lowest BCUT2D eigenvalue weighted by molar-refractivity contribution is -0.135. The van der Waals surface area contributed by atoms with Crippen LogP contribution >= 0.6 is 0 Å². The standard InChI is InChI=1S/C29H26N2O6/c1-28-10-5-4-9-24(28)29(17-37-21-16-23-22(15-20(21)29)35-13-14-36-23)27(34)31(28)12-6-11-30-25(32)18-7-2-3-8-19(18)26(30)33/h2-5,7-9,15-16H,6,10-14,17H2,1H3. The van der Waals surface area contributed by atoms with Gasteiger partial charge in [-0.2, -0.15) is 0 Å². The summed E-state index contributed by atoms with van der Waals surface area (Å²) in [6.45, 7) is 3.90. The van der Waals surface area contributed by atoms with Crippen molar-refractivity contribution in [1.29, 1.82) is 0 Å². The molecule has 2 unspecified atom stereocenters. The smallest absolute Gasteiger partial charge is 0.261 e. The number of rotatable bonds is 4. The predicted octanol–water partition coefficient (Wildman–Crippen LogP) is 3.26. The highest BCUT2D eigenvalue weighted by Gasteiger charge is 2.65. The van der Waals surface area contributed by atoms with E-state index in [1.807, 2.05) is 29.2 Å². The number of nitrogens with zero attached hydrogens (tertiary/aromatic N) is 2. The van der Waals surface area contributed by atoms with Gasteiger partial charge in [-0.15, -0.1) is 0 Å². The molecule has 37 heavy (non-hydrogen) atoms. The molecule has 8 nitrogen and oxygen atoms in total. The Morgan fingerprint density at radius 2 is 1.59 bits per heavy atom. The van der Waals surface area contributed by atoms with Crippen LogP contribution in [0.1, 0.15) is 46.0 Å². The van der Waals surface area contributed by atoms with Crippen molar-refractivity contribution in [1.82, 2.24) is 9.80 Å². The Kier molecular flexibility index (Phi) is 4.62. The molecule has 5 aliphatic rings. The van der Waals surface area contributed by atoms with Crippen molar-refractivity contribution in [2.45, 2.75) is 30.7 Å². The molecule has 2 aromatic rings. The van der Waals surface area contributed by atoms with Gasteiger partial charge in [0.05, 0.1) is 16.7 Å². The van der Waals surface area contributed by atoms with Crippen LogP contribution in [-0.2, 0) is 10.2 Å². The summed E-state index contributed by atoms with van der Waals surface area (Å²) in [6, 6.07) is 10.6. The van der Waals surface area contributed by atoms with Crippen LogP contribution in [-0.4, -0.2) is 66.0 Å². The number of imide groups is 1. The zero-order chi connectivity index (χ0) is 25.4. The summed E-state index contributed by atoms with van der Waals surface area (Å²) in [5.41, 5.74) is 1.20. The van der Waals surface area contributed by atoms with E-state index >= 15 is 0 Å². The predicted molar refractivity (Wildman–Crippen MR) is 133 cm³/mol. The topological polar surface area (TPSA) is 85.4 Å². The van der Waals surface area contributed by atoms with Crippen molar-refractivity contribution in [3.05, 3.63) is 76.9 Å². The van der Waals surface area contributed by atoms with Gasteiger partial charge in [-0.1, -0.05) is 30.4 Å². The maximum atomic E-state index is 14.3. The number of carbonyl (C=O) groups excluding carboxylic acids is 3. The van der Waals surface area contributed by atoms with Gasteiger partial charge in [-0.25, -0.2) is 0 Å². The molecule has 2 aromatic carbocycles. The first kappa shape index (κ1) is 22.2. The van der Waals surface area contributed by atoms with Crippen LogP contribution in [0.5, 0.6) is 17.2 Å². The zero-order valence-electron chi connectivity index (χ0n) is 20.5. The summed E-state index contributed by atoms with van der Waals surface area (Å²) in [6.07, 6.45) is 7.28. The van der Waals surface area contributed by atoms with Crippen molar-refractivity contribution >= 4 is 17.7 Å². The minimum Gasteiger partial charge on any atom is -0.491 e. The number of hydrogen-bond acceptors (Lipinski definition) is 6. The number of ether oxygens (including phenoxy) is 3. The maximum Gasteiger partial charge on any atom is 0.261 e. The number of allylic oxidation sites excluding steroid dienone is 2. The fourth-order valence-corrected chi connectivity index (χ4v) is 6.54. The molecular weight excluding hydrogens is 472 g/mol. The second-order valence-electron chi connectivity index (χ2n) is 10.3. The van der Waals surface area contributed by atoms with E-state index in [2.05, 4.69) is 13.0 Å². The van der Waals surface area contributed by atoms with Crippen LogP contribution < -0.4 is 14.2 Å². The van der Waals surface area contributed by atoms with Gasteiger partial charge in [0.1, 0.15) is 31.0 Å². The molecule has 7 rings (SSSR count). The van der Waals surface area contributed by atoms with Gasteiger partial charge in [0.25, 0.3) is 11.8 Å². The number of benzene rings is 2. The SMILES string of the molecule is CC12CC=CC=C1C1(COc3cc4c(cc31)OCCO4)C(=O)N2CCCN1C(=O)c2ccccc2C1=O. The van der Waals surface area contributed by atoms with Crippen LogP contribution in [0.15, 0.2) is 60.2 Å². The van der Waals surface area contributed by atoms with Gasteiger partial charge >= 0.3 is 0 Å². The van der Waals surface area contributed by atoms with Crippen LogP contribution in [0.4, 0.5) is 0 Å². The Labute approximate surface area is 214 Å². The van der Waals surface area contributed by atoms with E-state index in [4.69, 9.17) is 14.2 Å². The van der Waals surface area contributed by atoms with Crippen molar-refractivity contribution in [2.24, 2.45) is 0 Å². The number of fused-ring (bicyclic) bond motifs is 6. The fraction of sp³-hybridized carbons (Fsp3) is 0.345. The number of carbonyl (C=O) groups is 3. The van der Waals surface area contributed by atoms with Crippen molar-refractivity contribution in [3.8, 4) is 17.2 Å². The van der Waals surface area contributed by atoms with Crippen LogP contribution in [0.3, 0.4) is 0 Å². The van der Waals surface area contributed by atoms with Gasteiger partial charge in [0.15, 0.2) is 11.5 Å². The van der Waals surface area contributed by atoms with Crippen LogP contribution in [0.2, 0.25) is 0 Å². The molecule has 0 radical (unpaired) electrons. The van der Waals surface area contributed by atoms with E-state index in [-0.39, 0.29) is 30.9 Å². The monoisotopic (exact) mass is 498 g/mol. The maximum absolute atomic E-state index is 14.3. The van der Waals surface area contributed by atoms with Gasteiger partial charge in [0.2, 0.25) is 5.91 Å². The summed E-state index contributed by atoms with van der Waals surface area (Å²) >= 11 is 0. The largest absolute Gasteiger partial charge is 0.491 e. The lowest BCUT2D eigenvalue weighted by atomic mass is 9.70. The summed E-state index contributed by atoms with van der Waals surface area (Å²) in [5, 5.41) is 0. The van der Waals surface area contributed by atoms with Gasteiger partial charge < -0.3 is 19.1 Å².